The molecule has 1 amide bonds. The number of ether oxygens (including phenoxy) is 2. The second-order valence-electron chi connectivity index (χ2n) is 5.39. The molecule has 3 rings (SSSR count). The highest BCUT2D eigenvalue weighted by Crippen LogP contribution is 2.32. The predicted octanol–water partition coefficient (Wildman–Crippen LogP) is 2.95. The van der Waals surface area contributed by atoms with E-state index in [1.54, 1.807) is 6.07 Å². The van der Waals surface area contributed by atoms with E-state index in [-0.39, 0.29) is 18.9 Å². The summed E-state index contributed by atoms with van der Waals surface area (Å²) in [6.07, 6.45) is 0.0446. The van der Waals surface area contributed by atoms with Gasteiger partial charge in [0.1, 0.15) is 0 Å². The lowest BCUT2D eigenvalue weighted by Gasteiger charge is -2.08. The van der Waals surface area contributed by atoms with Crippen molar-refractivity contribution in [2.45, 2.75) is 13.0 Å². The Kier molecular flexibility index (Phi) is 5.08. The monoisotopic (exact) mass is 352 g/mol. The van der Waals surface area contributed by atoms with Gasteiger partial charge in [0.05, 0.1) is 5.69 Å². The first-order valence-electron chi connectivity index (χ1n) is 7.57. The highest BCUT2D eigenvalue weighted by atomic mass is 19.2. The maximum atomic E-state index is 13.5. The molecule has 0 aromatic heterocycles. The van der Waals surface area contributed by atoms with Crippen molar-refractivity contribution in [2.75, 3.05) is 18.7 Å². The fourth-order valence-corrected chi connectivity index (χ4v) is 2.32. The molecule has 5 nitrogen and oxygen atoms in total. The molecular formula is C17H15F3N2O3. The van der Waals surface area contributed by atoms with Crippen molar-refractivity contribution in [3.05, 3.63) is 53.3 Å². The van der Waals surface area contributed by atoms with Crippen LogP contribution in [0.2, 0.25) is 0 Å². The highest BCUT2D eigenvalue weighted by Gasteiger charge is 2.15. The summed E-state index contributed by atoms with van der Waals surface area (Å²) in [6.45, 7) is 1.03. The molecule has 0 saturated carbocycles. The third-order valence-corrected chi connectivity index (χ3v) is 3.60. The molecule has 8 heteroatoms. The van der Waals surface area contributed by atoms with Crippen molar-refractivity contribution < 1.29 is 27.4 Å². The van der Waals surface area contributed by atoms with Crippen LogP contribution in [-0.4, -0.2) is 19.2 Å². The smallest absolute Gasteiger partial charge is 0.231 e. The van der Waals surface area contributed by atoms with E-state index < -0.39 is 23.4 Å². The lowest BCUT2D eigenvalue weighted by Crippen LogP contribution is -2.22. The quantitative estimate of drug-likeness (QED) is 0.620. The number of hydrogen-bond donors (Lipinski definition) is 2. The van der Waals surface area contributed by atoms with Crippen molar-refractivity contribution in [1.82, 2.24) is 5.32 Å². The van der Waals surface area contributed by atoms with Gasteiger partial charge in [-0.2, -0.15) is 0 Å². The van der Waals surface area contributed by atoms with Gasteiger partial charge in [-0.1, -0.05) is 6.07 Å². The van der Waals surface area contributed by atoms with Crippen LogP contribution in [0, 0.1) is 17.5 Å². The first-order chi connectivity index (χ1) is 12.0. The van der Waals surface area contributed by atoms with Crippen LogP contribution in [0.1, 0.15) is 12.0 Å². The fraction of sp³-hybridized carbons (Fsp3) is 0.235. The van der Waals surface area contributed by atoms with Crippen LogP contribution >= 0.6 is 0 Å². The molecule has 1 aliphatic rings. The zero-order valence-corrected chi connectivity index (χ0v) is 13.1. The van der Waals surface area contributed by atoms with Crippen LogP contribution in [-0.2, 0) is 11.3 Å². The van der Waals surface area contributed by atoms with Crippen molar-refractivity contribution in [3.8, 4) is 11.5 Å². The van der Waals surface area contributed by atoms with E-state index in [4.69, 9.17) is 9.47 Å². The fourth-order valence-electron chi connectivity index (χ4n) is 2.32. The lowest BCUT2D eigenvalue weighted by atomic mass is 10.2. The second-order valence-corrected chi connectivity index (χ2v) is 5.39. The lowest BCUT2D eigenvalue weighted by molar-refractivity contribution is -0.116. The van der Waals surface area contributed by atoms with Gasteiger partial charge in [-0.25, -0.2) is 13.2 Å². The van der Waals surface area contributed by atoms with E-state index in [0.717, 1.165) is 17.7 Å². The molecule has 2 aromatic carbocycles. The van der Waals surface area contributed by atoms with Gasteiger partial charge in [-0.15, -0.1) is 0 Å². The summed E-state index contributed by atoms with van der Waals surface area (Å²) < 4.78 is 49.9. The zero-order valence-electron chi connectivity index (χ0n) is 13.1. The van der Waals surface area contributed by atoms with E-state index in [1.165, 1.54) is 0 Å². The van der Waals surface area contributed by atoms with Crippen molar-refractivity contribution in [1.29, 1.82) is 0 Å². The Balaban J connectivity index is 1.45. The van der Waals surface area contributed by atoms with Gasteiger partial charge in [0.15, 0.2) is 29.0 Å². The Morgan fingerprint density at radius 2 is 1.84 bits per heavy atom. The largest absolute Gasteiger partial charge is 0.454 e. The number of benzene rings is 2. The summed E-state index contributed by atoms with van der Waals surface area (Å²) in [4.78, 5) is 11.8. The van der Waals surface area contributed by atoms with E-state index in [1.807, 2.05) is 12.1 Å². The predicted molar refractivity (Wildman–Crippen MR) is 83.8 cm³/mol. The Bertz CT molecular complexity index is 799. The molecule has 0 aliphatic carbocycles. The maximum Gasteiger partial charge on any atom is 0.231 e. The number of anilines is 1. The van der Waals surface area contributed by atoms with Crippen LogP contribution < -0.4 is 20.1 Å². The molecule has 132 valence electrons. The molecule has 0 radical (unpaired) electrons. The summed E-state index contributed by atoms with van der Waals surface area (Å²) in [5.41, 5.74) is 0.566. The number of fused-ring (bicyclic) bond motifs is 1. The summed E-state index contributed by atoms with van der Waals surface area (Å²) in [5, 5.41) is 5.27. The summed E-state index contributed by atoms with van der Waals surface area (Å²) >= 11 is 0. The topological polar surface area (TPSA) is 59.6 Å². The number of nitrogens with one attached hydrogen (secondary N) is 2. The van der Waals surface area contributed by atoms with E-state index in [9.17, 15) is 18.0 Å². The molecule has 0 saturated heterocycles. The second kappa shape index (κ2) is 7.43. The number of rotatable bonds is 6. The standard InChI is InChI=1S/C17H15F3N2O3/c18-11-2-3-12(17(20)16(11)19)22-15(23)5-6-21-8-10-1-4-13-14(7-10)25-9-24-13/h1-4,7,21H,5-6,8-9H2,(H,22,23). The molecule has 0 spiro atoms. The molecule has 25 heavy (non-hydrogen) atoms. The van der Waals surface area contributed by atoms with Gasteiger partial charge >= 0.3 is 0 Å². The summed E-state index contributed by atoms with van der Waals surface area (Å²) in [7, 11) is 0. The van der Waals surface area contributed by atoms with Crippen LogP contribution in [0.4, 0.5) is 18.9 Å². The number of carbonyl (C=O) groups is 1. The first kappa shape index (κ1) is 17.1. The third-order valence-electron chi connectivity index (χ3n) is 3.60. The average molecular weight is 352 g/mol. The molecule has 1 aliphatic heterocycles. The highest BCUT2D eigenvalue weighted by molar-refractivity contribution is 5.90. The minimum absolute atomic E-state index is 0.0446. The van der Waals surface area contributed by atoms with Crippen molar-refractivity contribution in [2.24, 2.45) is 0 Å². The zero-order chi connectivity index (χ0) is 17.8. The summed E-state index contributed by atoms with van der Waals surface area (Å²) in [5.74, 6) is -3.48. The Morgan fingerprint density at radius 3 is 2.68 bits per heavy atom. The SMILES string of the molecule is O=C(CCNCc1ccc2c(c1)OCO2)Nc1ccc(F)c(F)c1F. The number of halogens is 3. The number of amides is 1. The minimum Gasteiger partial charge on any atom is -0.454 e. The van der Waals surface area contributed by atoms with Gasteiger partial charge in [0.2, 0.25) is 12.7 Å². The van der Waals surface area contributed by atoms with Gasteiger partial charge in [-0.05, 0) is 29.8 Å². The Morgan fingerprint density at radius 1 is 1.04 bits per heavy atom. The normalized spacial score (nSPS) is 12.3. The molecule has 0 bridgehead atoms. The van der Waals surface area contributed by atoms with Gasteiger partial charge in [0, 0.05) is 19.5 Å². The molecule has 2 N–H and O–H groups in total. The number of hydrogen-bond acceptors (Lipinski definition) is 4. The molecule has 0 atom stereocenters. The van der Waals surface area contributed by atoms with Gasteiger partial charge < -0.3 is 20.1 Å². The third kappa shape index (κ3) is 4.03. The van der Waals surface area contributed by atoms with Crippen LogP contribution in [0.5, 0.6) is 11.5 Å². The average Bonchev–Trinajstić information content (AvgIpc) is 3.07. The molecule has 1 heterocycles. The van der Waals surface area contributed by atoms with Crippen molar-refractivity contribution in [3.63, 3.8) is 0 Å². The Hall–Kier alpha value is -2.74. The molecule has 0 fully saturated rings. The van der Waals surface area contributed by atoms with E-state index in [0.29, 0.717) is 24.6 Å². The van der Waals surface area contributed by atoms with E-state index in [2.05, 4.69) is 10.6 Å². The van der Waals surface area contributed by atoms with Crippen molar-refractivity contribution >= 4 is 11.6 Å². The van der Waals surface area contributed by atoms with Crippen LogP contribution in [0.15, 0.2) is 30.3 Å². The molecule has 0 unspecified atom stereocenters. The molecule has 2 aromatic rings. The summed E-state index contributed by atoms with van der Waals surface area (Å²) in [6, 6.07) is 7.25. The van der Waals surface area contributed by atoms with Crippen LogP contribution in [0.3, 0.4) is 0 Å². The maximum absolute atomic E-state index is 13.5. The van der Waals surface area contributed by atoms with Crippen LogP contribution in [0.25, 0.3) is 0 Å². The van der Waals surface area contributed by atoms with E-state index >= 15 is 0 Å². The Labute approximate surface area is 141 Å². The minimum atomic E-state index is -1.61. The molecular weight excluding hydrogens is 337 g/mol. The number of carbonyl (C=O) groups excluding carboxylic acids is 1. The van der Waals surface area contributed by atoms with Gasteiger partial charge in [0.25, 0.3) is 0 Å². The van der Waals surface area contributed by atoms with Gasteiger partial charge in [-0.3, -0.25) is 4.79 Å². The first-order valence-corrected chi connectivity index (χ1v) is 7.57.